The first-order valence-corrected chi connectivity index (χ1v) is 9.71. The Hall–Kier alpha value is -4.00. The molecule has 30 heavy (non-hydrogen) atoms. The molecule has 7 nitrogen and oxygen atoms in total. The van der Waals surface area contributed by atoms with E-state index in [0.717, 1.165) is 17.5 Å². The second-order valence-electron chi connectivity index (χ2n) is 7.29. The minimum atomic E-state index is -0.680. The lowest BCUT2D eigenvalue weighted by molar-refractivity contribution is 0.0726. The summed E-state index contributed by atoms with van der Waals surface area (Å²) in [4.78, 5) is 35.9. The molecule has 2 aromatic heterocycles. The molecule has 2 N–H and O–H groups in total. The third kappa shape index (κ3) is 3.00. The van der Waals surface area contributed by atoms with E-state index in [9.17, 15) is 9.59 Å². The van der Waals surface area contributed by atoms with Crippen LogP contribution >= 0.6 is 0 Å². The second kappa shape index (κ2) is 7.11. The van der Waals surface area contributed by atoms with Crippen molar-refractivity contribution in [3.8, 4) is 11.3 Å². The van der Waals surface area contributed by atoms with Gasteiger partial charge in [-0.1, -0.05) is 54.6 Å². The number of nitrogens with two attached hydrogens (primary N) is 1. The Morgan fingerprint density at radius 2 is 1.70 bits per heavy atom. The van der Waals surface area contributed by atoms with Crippen LogP contribution in [0.2, 0.25) is 0 Å². The summed E-state index contributed by atoms with van der Waals surface area (Å²) in [5.74, 6) is -0.817. The van der Waals surface area contributed by atoms with Gasteiger partial charge >= 0.3 is 0 Å². The normalized spacial score (nSPS) is 13.3. The van der Waals surface area contributed by atoms with E-state index in [0.29, 0.717) is 24.5 Å². The average molecular weight is 397 g/mol. The van der Waals surface area contributed by atoms with Crippen molar-refractivity contribution in [3.05, 3.63) is 89.5 Å². The molecule has 1 aliphatic heterocycles. The molecule has 148 valence electrons. The SMILES string of the molecule is NC(=O)c1ncn2c(C(=O)N3CCc4ccccc4C3)cc(-c3ccccc3)nc12. The Morgan fingerprint density at radius 3 is 2.47 bits per heavy atom. The summed E-state index contributed by atoms with van der Waals surface area (Å²) < 4.78 is 1.55. The number of hydrogen-bond donors (Lipinski definition) is 1. The number of amides is 2. The highest BCUT2D eigenvalue weighted by atomic mass is 16.2. The van der Waals surface area contributed by atoms with Crippen molar-refractivity contribution in [2.75, 3.05) is 6.54 Å². The topological polar surface area (TPSA) is 93.6 Å². The zero-order chi connectivity index (χ0) is 20.7. The summed E-state index contributed by atoms with van der Waals surface area (Å²) in [5.41, 5.74) is 10.1. The van der Waals surface area contributed by atoms with Crippen molar-refractivity contribution in [1.29, 1.82) is 0 Å². The molecular formula is C23H19N5O2. The van der Waals surface area contributed by atoms with E-state index in [2.05, 4.69) is 22.1 Å². The standard InChI is InChI=1S/C23H19N5O2/c24-21(29)20-22-26-18(16-7-2-1-3-8-16)12-19(28(22)14-25-20)23(30)27-11-10-15-6-4-5-9-17(15)13-27/h1-9,12,14H,10-11,13H2,(H2,24,29). The first kappa shape index (κ1) is 18.1. The van der Waals surface area contributed by atoms with Crippen LogP contribution in [0, 0.1) is 0 Å². The molecule has 7 heteroatoms. The number of nitrogens with zero attached hydrogens (tertiary/aromatic N) is 4. The van der Waals surface area contributed by atoms with Gasteiger partial charge in [0, 0.05) is 18.7 Å². The summed E-state index contributed by atoms with van der Waals surface area (Å²) >= 11 is 0. The van der Waals surface area contributed by atoms with Gasteiger partial charge in [-0.2, -0.15) is 0 Å². The Bertz CT molecular complexity index is 1280. The molecule has 0 atom stereocenters. The zero-order valence-corrected chi connectivity index (χ0v) is 16.2. The smallest absolute Gasteiger partial charge is 0.271 e. The Balaban J connectivity index is 1.63. The summed E-state index contributed by atoms with van der Waals surface area (Å²) in [6.45, 7) is 1.16. The Labute approximate surface area is 172 Å². The molecule has 0 bridgehead atoms. The predicted molar refractivity (Wildman–Crippen MR) is 112 cm³/mol. The van der Waals surface area contributed by atoms with Crippen LogP contribution in [0.4, 0.5) is 0 Å². The fourth-order valence-corrected chi connectivity index (χ4v) is 3.90. The van der Waals surface area contributed by atoms with Gasteiger partial charge in [0.1, 0.15) is 12.0 Å². The van der Waals surface area contributed by atoms with Crippen molar-refractivity contribution in [2.24, 2.45) is 5.73 Å². The molecule has 3 heterocycles. The van der Waals surface area contributed by atoms with E-state index in [1.807, 2.05) is 47.4 Å². The lowest BCUT2D eigenvalue weighted by Crippen LogP contribution is -2.36. The maximum absolute atomic E-state index is 13.5. The molecule has 0 fully saturated rings. The third-order valence-corrected chi connectivity index (χ3v) is 5.44. The highest BCUT2D eigenvalue weighted by Crippen LogP contribution is 2.24. The molecule has 5 rings (SSSR count). The molecule has 2 amide bonds. The van der Waals surface area contributed by atoms with Crippen molar-refractivity contribution in [3.63, 3.8) is 0 Å². The fraction of sp³-hybridized carbons (Fsp3) is 0.130. The average Bonchev–Trinajstić information content (AvgIpc) is 3.22. The van der Waals surface area contributed by atoms with Crippen molar-refractivity contribution >= 4 is 17.5 Å². The Kier molecular flexibility index (Phi) is 4.28. The van der Waals surface area contributed by atoms with Gasteiger partial charge in [0.25, 0.3) is 11.8 Å². The van der Waals surface area contributed by atoms with Crippen LogP contribution < -0.4 is 5.73 Å². The maximum Gasteiger partial charge on any atom is 0.271 e. The summed E-state index contributed by atoms with van der Waals surface area (Å²) in [5, 5.41) is 0. The highest BCUT2D eigenvalue weighted by Gasteiger charge is 2.25. The van der Waals surface area contributed by atoms with Gasteiger partial charge in [-0.25, -0.2) is 9.97 Å². The number of carbonyl (C=O) groups excluding carboxylic acids is 2. The van der Waals surface area contributed by atoms with Crippen LogP contribution in [0.5, 0.6) is 0 Å². The lowest BCUT2D eigenvalue weighted by Gasteiger charge is -2.29. The quantitative estimate of drug-likeness (QED) is 0.575. The number of fused-ring (bicyclic) bond motifs is 2. The fourth-order valence-electron chi connectivity index (χ4n) is 3.90. The third-order valence-electron chi connectivity index (χ3n) is 5.44. The van der Waals surface area contributed by atoms with Gasteiger partial charge in [0.15, 0.2) is 11.3 Å². The van der Waals surface area contributed by atoms with Gasteiger partial charge < -0.3 is 10.6 Å². The number of hydrogen-bond acceptors (Lipinski definition) is 4. The van der Waals surface area contributed by atoms with Crippen molar-refractivity contribution in [2.45, 2.75) is 13.0 Å². The minimum Gasteiger partial charge on any atom is -0.364 e. The number of primary amides is 1. The number of benzene rings is 2. The predicted octanol–water partition coefficient (Wildman–Crippen LogP) is 2.69. The van der Waals surface area contributed by atoms with Crippen molar-refractivity contribution in [1.82, 2.24) is 19.3 Å². The first-order valence-electron chi connectivity index (χ1n) is 9.71. The van der Waals surface area contributed by atoms with E-state index in [4.69, 9.17) is 5.73 Å². The largest absolute Gasteiger partial charge is 0.364 e. The minimum absolute atomic E-state index is 0.0471. The van der Waals surface area contributed by atoms with Crippen LogP contribution in [0.3, 0.4) is 0 Å². The second-order valence-corrected chi connectivity index (χ2v) is 7.29. The molecule has 2 aromatic carbocycles. The van der Waals surface area contributed by atoms with Gasteiger partial charge in [0.05, 0.1) is 5.69 Å². The van der Waals surface area contributed by atoms with Crippen molar-refractivity contribution < 1.29 is 9.59 Å². The van der Waals surface area contributed by atoms with Gasteiger partial charge in [0.2, 0.25) is 0 Å². The molecule has 0 saturated heterocycles. The number of aromatic nitrogens is 3. The van der Waals surface area contributed by atoms with E-state index < -0.39 is 5.91 Å². The first-order chi connectivity index (χ1) is 14.6. The van der Waals surface area contributed by atoms with Crippen LogP contribution in [-0.2, 0) is 13.0 Å². The summed E-state index contributed by atoms with van der Waals surface area (Å²) in [6.07, 6.45) is 2.24. The molecule has 0 aliphatic carbocycles. The van der Waals surface area contributed by atoms with E-state index in [1.54, 1.807) is 10.5 Å². The number of rotatable bonds is 3. The molecule has 1 aliphatic rings. The summed E-state index contributed by atoms with van der Waals surface area (Å²) in [6, 6.07) is 19.4. The van der Waals surface area contributed by atoms with E-state index >= 15 is 0 Å². The van der Waals surface area contributed by atoms with Crippen LogP contribution in [-0.4, -0.2) is 37.6 Å². The molecule has 0 unspecified atom stereocenters. The zero-order valence-electron chi connectivity index (χ0n) is 16.2. The molecule has 0 radical (unpaired) electrons. The Morgan fingerprint density at radius 1 is 0.967 bits per heavy atom. The monoisotopic (exact) mass is 397 g/mol. The van der Waals surface area contributed by atoms with Gasteiger partial charge in [-0.3, -0.25) is 14.0 Å². The molecule has 0 saturated carbocycles. The number of carbonyl (C=O) groups is 2. The number of imidazole rings is 1. The highest BCUT2D eigenvalue weighted by molar-refractivity contribution is 5.99. The summed E-state index contributed by atoms with van der Waals surface area (Å²) in [7, 11) is 0. The molecular weight excluding hydrogens is 378 g/mol. The molecule has 0 spiro atoms. The van der Waals surface area contributed by atoms with Crippen LogP contribution in [0.15, 0.2) is 67.0 Å². The molecule has 4 aromatic rings. The van der Waals surface area contributed by atoms with Crippen LogP contribution in [0.1, 0.15) is 32.1 Å². The van der Waals surface area contributed by atoms with Gasteiger partial charge in [-0.05, 0) is 23.6 Å². The van der Waals surface area contributed by atoms with Crippen LogP contribution in [0.25, 0.3) is 16.9 Å². The maximum atomic E-state index is 13.5. The van der Waals surface area contributed by atoms with Gasteiger partial charge in [-0.15, -0.1) is 0 Å². The van der Waals surface area contributed by atoms with E-state index in [1.165, 1.54) is 11.9 Å². The van der Waals surface area contributed by atoms with E-state index in [-0.39, 0.29) is 17.2 Å². The lowest BCUT2D eigenvalue weighted by atomic mass is 9.99.